The number of likely N-dealkylation sites (tertiary alicyclic amines) is 1. The van der Waals surface area contributed by atoms with E-state index in [1.54, 1.807) is 31.2 Å². The number of nitrogens with one attached hydrogen (secondary N) is 1. The third-order valence-corrected chi connectivity index (χ3v) is 14.4. The first-order valence-corrected chi connectivity index (χ1v) is 24.2. The number of esters is 1. The molecule has 0 spiro atoms. The third kappa shape index (κ3) is 10.6. The number of methoxy groups -OCH3 is 1. The summed E-state index contributed by atoms with van der Waals surface area (Å²) in [6, 6.07) is 13.7. The van der Waals surface area contributed by atoms with Crippen LogP contribution in [0.3, 0.4) is 0 Å². The number of anilines is 1. The van der Waals surface area contributed by atoms with Gasteiger partial charge in [0.2, 0.25) is 11.8 Å². The van der Waals surface area contributed by atoms with Crippen molar-refractivity contribution in [2.45, 2.75) is 91.5 Å². The summed E-state index contributed by atoms with van der Waals surface area (Å²) < 4.78 is 14.1. The van der Waals surface area contributed by atoms with Crippen LogP contribution in [-0.2, 0) is 52.8 Å². The van der Waals surface area contributed by atoms with Crippen molar-refractivity contribution >= 4 is 46.2 Å². The minimum atomic E-state index is -1.77. The maximum atomic E-state index is 15.0. The smallest absolute Gasteiger partial charge is 0.508 e. The molecule has 6 bridgehead atoms. The second-order valence-electron chi connectivity index (χ2n) is 20.5. The molecule has 3 saturated heterocycles. The van der Waals surface area contributed by atoms with Gasteiger partial charge >= 0.3 is 37.1 Å². The number of hydrazine groups is 1. The normalized spacial score (nSPS) is 22.2. The van der Waals surface area contributed by atoms with Crippen molar-refractivity contribution in [3.63, 3.8) is 0 Å². The Kier molecular flexibility index (Phi) is 16.0. The van der Waals surface area contributed by atoms with Gasteiger partial charge in [-0.05, 0) is 103 Å². The van der Waals surface area contributed by atoms with Crippen LogP contribution in [0.2, 0.25) is 0 Å². The number of Topliss-reactive ketones (excluding diaryl/α,β-unsaturated/α-hetero) is 1. The van der Waals surface area contributed by atoms with Crippen LogP contribution in [-0.4, -0.2) is 131 Å². The number of aryl methyl sites for hydroxylation is 1. The number of ketones is 1. The largest absolute Gasteiger partial charge is 2.00 e. The average molecular weight is 1180 g/mol. The second kappa shape index (κ2) is 21.3. The topological polar surface area (TPSA) is 167 Å². The Morgan fingerprint density at radius 2 is 1.83 bits per heavy atom. The van der Waals surface area contributed by atoms with E-state index in [4.69, 9.17) is 14.5 Å². The van der Waals surface area contributed by atoms with Gasteiger partial charge in [0.1, 0.15) is 17.6 Å². The van der Waals surface area contributed by atoms with Crippen LogP contribution in [0.1, 0.15) is 65.0 Å². The molecular weight excluding hydrogens is 1110 g/mol. The summed E-state index contributed by atoms with van der Waals surface area (Å²) in [7, 11) is 3.31. The van der Waals surface area contributed by atoms with Gasteiger partial charge in [-0.1, -0.05) is 52.8 Å². The molecule has 2 aromatic heterocycles. The number of ether oxygens (including phenoxy) is 2. The average Bonchev–Trinajstić information content (AvgIpc) is 3.92. The van der Waals surface area contributed by atoms with Gasteiger partial charge in [0.05, 0.1) is 30.4 Å². The number of nitrogens with zero attached hydrogens (tertiary/aromatic N) is 6. The van der Waals surface area contributed by atoms with E-state index < -0.39 is 46.5 Å². The van der Waals surface area contributed by atoms with E-state index in [9.17, 15) is 24.3 Å². The van der Waals surface area contributed by atoms with Crippen molar-refractivity contribution in [2.24, 2.45) is 22.7 Å². The summed E-state index contributed by atoms with van der Waals surface area (Å²) in [5.74, 6) is -2.06. The number of carbonyl (C=O) groups is 5. The van der Waals surface area contributed by atoms with Crippen LogP contribution >= 0.6 is 0 Å². The number of benzene rings is 2. The molecule has 4 aromatic rings. The molecule has 2 N–H and O–H groups in total. The summed E-state index contributed by atoms with van der Waals surface area (Å²) in [5, 5.41) is 13.8. The van der Waals surface area contributed by atoms with Gasteiger partial charge in [0.25, 0.3) is 0 Å². The van der Waals surface area contributed by atoms with Gasteiger partial charge in [0.15, 0.2) is 5.91 Å². The zero-order chi connectivity index (χ0) is 49.5. The van der Waals surface area contributed by atoms with Crippen molar-refractivity contribution in [2.75, 3.05) is 58.4 Å². The van der Waals surface area contributed by atoms with Crippen molar-refractivity contribution in [3.8, 4) is 28.1 Å². The van der Waals surface area contributed by atoms with Crippen molar-refractivity contribution in [3.05, 3.63) is 91.9 Å². The maximum Gasteiger partial charge on any atom is 2.00 e. The Balaban J connectivity index is 0.00000722. The number of phenols is 1. The minimum absolute atomic E-state index is 0. The number of likely N-dealkylation sites (N-methyl/N-ethyl adjacent to an activating group) is 1. The fourth-order valence-electron chi connectivity index (χ4n) is 10.8. The Bertz CT molecular complexity index is 2660. The van der Waals surface area contributed by atoms with Crippen molar-refractivity contribution < 1.29 is 69.7 Å². The molecule has 0 radical (unpaired) electrons. The molecule has 4 atom stereocenters. The summed E-state index contributed by atoms with van der Waals surface area (Å²) >= 11 is 0. The molecule has 6 heterocycles. The quantitative estimate of drug-likeness (QED) is 0.0997. The number of rotatable bonds is 11. The zero-order valence-electron chi connectivity index (χ0n) is 41.6. The molecule has 15 nitrogen and oxygen atoms in total. The van der Waals surface area contributed by atoms with E-state index in [-0.39, 0.29) is 86.8 Å². The number of aromatic nitrogens is 2. The molecule has 70 heavy (non-hydrogen) atoms. The first-order chi connectivity index (χ1) is 32.8. The van der Waals surface area contributed by atoms with Gasteiger partial charge in [-0.25, -0.2) is 10.4 Å². The Labute approximate surface area is 435 Å². The number of aromatic hydroxyl groups is 1. The molecule has 1 unspecified atom stereocenters. The third-order valence-electron chi connectivity index (χ3n) is 14.4. The van der Waals surface area contributed by atoms with E-state index in [0.29, 0.717) is 49.9 Å². The Hall–Kier alpha value is -5.14. The van der Waals surface area contributed by atoms with E-state index in [0.717, 1.165) is 52.2 Å². The molecular formula is C54H67N7O8U. The van der Waals surface area contributed by atoms with Crippen LogP contribution in [0.5, 0.6) is 5.75 Å². The number of phenolic OH excluding ortho intramolecular Hbond substituents is 1. The molecule has 0 saturated carbocycles. The minimum Gasteiger partial charge on any atom is -0.508 e. The predicted molar refractivity (Wildman–Crippen MR) is 264 cm³/mol. The number of carbonyl (C=O) groups excluding carboxylic acids is 5. The second-order valence-corrected chi connectivity index (χ2v) is 20.5. The number of fused-ring (bicyclic) bond motifs is 6. The molecule has 370 valence electrons. The Morgan fingerprint density at radius 3 is 2.53 bits per heavy atom. The first kappa shape index (κ1) is 52.7. The van der Waals surface area contributed by atoms with Crippen molar-refractivity contribution in [1.29, 1.82) is 0 Å². The summed E-state index contributed by atoms with van der Waals surface area (Å²) in [6.07, 6.45) is 6.29. The zero-order valence-corrected chi connectivity index (χ0v) is 45.8. The number of amides is 3. The fraction of sp³-hybridized carbons (Fsp3) is 0.481. The molecule has 4 aliphatic rings. The summed E-state index contributed by atoms with van der Waals surface area (Å²) in [6.45, 7) is 21.1. The van der Waals surface area contributed by atoms with Gasteiger partial charge in [-0.3, -0.25) is 24.2 Å². The molecule has 4 aliphatic heterocycles. The summed E-state index contributed by atoms with van der Waals surface area (Å²) in [5.41, 5.74) is 7.01. The van der Waals surface area contributed by atoms with E-state index >= 15 is 4.79 Å². The Morgan fingerprint density at radius 1 is 1.07 bits per heavy atom. The van der Waals surface area contributed by atoms with Crippen LogP contribution in [0.4, 0.5) is 5.82 Å². The SMILES string of the molecule is C=CC(=O)N1CC[C@H](C(=O)N(C)[C@H](C(=O)[CH-]C2([CH2-])Cc3cc(O)cc(c3)-c3ccc4c(c3)c(c(-c3cccnc3N3CC(OC)C3)n4CC)CC(C)(C)COC(=O)[C@@H]3CCCN(N3)C2=O)C(C)C)C1.[U+2]. The van der Waals surface area contributed by atoms with Gasteiger partial charge in [0, 0.05) is 87.3 Å². The van der Waals surface area contributed by atoms with Crippen LogP contribution in [0.15, 0.2) is 67.4 Å². The monoisotopic (exact) mass is 1180 g/mol. The fourth-order valence-corrected chi connectivity index (χ4v) is 10.8. The summed E-state index contributed by atoms with van der Waals surface area (Å²) in [4.78, 5) is 80.4. The number of cyclic esters (lactones) is 1. The number of pyridine rings is 1. The molecule has 16 heteroatoms. The molecule has 0 aliphatic carbocycles. The maximum absolute atomic E-state index is 15.0. The van der Waals surface area contributed by atoms with E-state index in [1.807, 2.05) is 38.2 Å². The van der Waals surface area contributed by atoms with E-state index in [1.165, 1.54) is 22.4 Å². The van der Waals surface area contributed by atoms with E-state index in [2.05, 4.69) is 67.4 Å². The number of hydrogen-bond donors (Lipinski definition) is 2. The van der Waals surface area contributed by atoms with Gasteiger partial charge < -0.3 is 52.0 Å². The van der Waals surface area contributed by atoms with Gasteiger partial charge in [-0.15, -0.1) is 0 Å². The predicted octanol–water partition coefficient (Wildman–Crippen LogP) is 6.21. The standard InChI is InChI=1S/C54H67N7O8.U/c1-10-46(64)58-21-18-36(29-58)50(65)57(8)47(33(3)4)45(63)28-54(7)26-34-22-37(24-38(62)23-34)35-16-17-44-41(25-35)42(27-53(5,6)32-69-51(66)43-15-13-20-61(56-43)52(54)67)48(60(44)11-2)40-14-12-19-55-49(40)59-30-39(31-59)68-9;/h10,12,14,16-17,19,22-25,28,33,36,39,43,47,56,62H,1,7,11,13,15,18,20-21,26-27,29-32H2,2-6,8-9H3;/q-2;+2/t36-,43-,47-,54?;/m0./s1. The first-order valence-electron chi connectivity index (χ1n) is 24.2. The van der Waals surface area contributed by atoms with Gasteiger partial charge in [-0.2, -0.15) is 5.41 Å². The van der Waals surface area contributed by atoms with Crippen LogP contribution in [0.25, 0.3) is 33.3 Å². The number of hydrogen-bond acceptors (Lipinski definition) is 11. The molecule has 2 aromatic carbocycles. The van der Waals surface area contributed by atoms with Crippen LogP contribution in [0, 0.1) is 67.1 Å². The molecule has 3 fully saturated rings. The molecule has 3 amide bonds. The van der Waals surface area contributed by atoms with Crippen molar-refractivity contribution in [1.82, 2.24) is 29.8 Å². The molecule has 8 rings (SSSR count). The van der Waals surface area contributed by atoms with Crippen LogP contribution < -0.4 is 10.3 Å².